The number of nitro benzene ring substituents is 1. The number of non-ortho nitro benzene ring substituents is 1. The van der Waals surface area contributed by atoms with Crippen LogP contribution in [0.4, 0.5) is 11.4 Å². The van der Waals surface area contributed by atoms with E-state index in [0.717, 1.165) is 37.1 Å². The molecule has 0 spiro atoms. The van der Waals surface area contributed by atoms with E-state index in [2.05, 4.69) is 50.5 Å². The maximum Gasteiger partial charge on any atom is 0.287 e. The number of anilines is 1. The maximum absolute atomic E-state index is 13.0. The average molecular weight is 580 g/mol. The normalized spacial score (nSPS) is 11.3. The molecule has 196 valence electrons. The number of nitrogens with one attached hydrogen (secondary N) is 2. The van der Waals surface area contributed by atoms with Crippen molar-refractivity contribution in [1.82, 2.24) is 10.7 Å². The van der Waals surface area contributed by atoms with Crippen molar-refractivity contribution in [3.63, 3.8) is 0 Å². The van der Waals surface area contributed by atoms with Gasteiger partial charge in [0, 0.05) is 42.0 Å². The zero-order valence-electron chi connectivity index (χ0n) is 20.7. The van der Waals surface area contributed by atoms with Crippen LogP contribution in [0.1, 0.15) is 35.3 Å². The molecule has 0 radical (unpaired) electrons. The second-order valence-corrected chi connectivity index (χ2v) is 8.82. The molecule has 3 N–H and O–H groups in total. The van der Waals surface area contributed by atoms with Gasteiger partial charge in [-0.3, -0.25) is 19.7 Å². The Morgan fingerprint density at radius 3 is 2.34 bits per heavy atom. The van der Waals surface area contributed by atoms with Gasteiger partial charge in [0.2, 0.25) is 0 Å². The van der Waals surface area contributed by atoms with Crippen molar-refractivity contribution in [3.8, 4) is 5.75 Å². The van der Waals surface area contributed by atoms with Crippen LogP contribution in [0.3, 0.4) is 0 Å². The Labute approximate surface area is 228 Å². The summed E-state index contributed by atoms with van der Waals surface area (Å²) in [5, 5.41) is 27.7. The minimum absolute atomic E-state index is 0.0113. The van der Waals surface area contributed by atoms with Crippen molar-refractivity contribution in [1.29, 1.82) is 0 Å². The Morgan fingerprint density at radius 1 is 1.08 bits per heavy atom. The number of hydrogen-bond donors (Lipinski definition) is 3. The van der Waals surface area contributed by atoms with Gasteiger partial charge >= 0.3 is 0 Å². The van der Waals surface area contributed by atoms with Crippen LogP contribution in [0.15, 0.2) is 82.0 Å². The van der Waals surface area contributed by atoms with Crippen molar-refractivity contribution in [2.24, 2.45) is 5.10 Å². The number of benzene rings is 3. The van der Waals surface area contributed by atoms with Gasteiger partial charge in [0.05, 0.1) is 15.6 Å². The molecule has 0 aliphatic heterocycles. The molecule has 2 amide bonds. The molecule has 0 saturated carbocycles. The fourth-order valence-electron chi connectivity index (χ4n) is 3.51. The van der Waals surface area contributed by atoms with Crippen LogP contribution in [0.5, 0.6) is 5.75 Å². The molecule has 0 aliphatic rings. The molecule has 10 nitrogen and oxygen atoms in total. The highest BCUT2D eigenvalue weighted by atomic mass is 79.9. The summed E-state index contributed by atoms with van der Waals surface area (Å²) in [6.45, 7) is 5.82. The molecule has 0 bridgehead atoms. The Balaban J connectivity index is 1.87. The lowest BCUT2D eigenvalue weighted by Gasteiger charge is -2.20. The first kappa shape index (κ1) is 28.1. The number of amides is 2. The van der Waals surface area contributed by atoms with Crippen LogP contribution in [-0.2, 0) is 4.79 Å². The number of aromatic hydroxyl groups is 1. The molecule has 3 rings (SSSR count). The standard InChI is InChI=1S/C27H26BrN5O5/c1-3-32(4-2)21-12-10-18(11-13-21)14-24(30-26(35)19-8-6-5-7-9-19)27(36)31-29-17-20-15-22(33(37)38)16-23(28)25(20)34/h5-17,34H,3-4H2,1-2H3,(H,30,35)(H,31,36). The quantitative estimate of drug-likeness (QED) is 0.136. The summed E-state index contributed by atoms with van der Waals surface area (Å²) in [7, 11) is 0. The van der Waals surface area contributed by atoms with E-state index in [1.54, 1.807) is 30.3 Å². The van der Waals surface area contributed by atoms with E-state index in [0.29, 0.717) is 11.1 Å². The van der Waals surface area contributed by atoms with Crippen LogP contribution in [0, 0.1) is 10.1 Å². The second-order valence-electron chi connectivity index (χ2n) is 7.96. The summed E-state index contributed by atoms with van der Waals surface area (Å²) >= 11 is 3.06. The summed E-state index contributed by atoms with van der Waals surface area (Å²) in [4.78, 5) is 38.4. The largest absolute Gasteiger partial charge is 0.506 e. The minimum atomic E-state index is -0.734. The second kappa shape index (κ2) is 13.2. The zero-order valence-corrected chi connectivity index (χ0v) is 22.3. The lowest BCUT2D eigenvalue weighted by Crippen LogP contribution is -2.32. The SMILES string of the molecule is CCN(CC)c1ccc(C=C(NC(=O)c2ccccc2)C(=O)NN=Cc2cc([N+](=O)[O-])cc(Br)c2O)cc1. The van der Waals surface area contributed by atoms with Gasteiger partial charge in [0.25, 0.3) is 17.5 Å². The van der Waals surface area contributed by atoms with E-state index in [4.69, 9.17) is 0 Å². The lowest BCUT2D eigenvalue weighted by atomic mass is 10.1. The number of hydrogen-bond acceptors (Lipinski definition) is 7. The Morgan fingerprint density at radius 2 is 1.74 bits per heavy atom. The molecule has 0 fully saturated rings. The van der Waals surface area contributed by atoms with Gasteiger partial charge < -0.3 is 15.3 Å². The van der Waals surface area contributed by atoms with Crippen molar-refractivity contribution < 1.29 is 19.6 Å². The highest BCUT2D eigenvalue weighted by molar-refractivity contribution is 9.10. The van der Waals surface area contributed by atoms with Gasteiger partial charge in [-0.1, -0.05) is 30.3 Å². The average Bonchev–Trinajstić information content (AvgIpc) is 2.92. The van der Waals surface area contributed by atoms with Crippen molar-refractivity contribution in [2.45, 2.75) is 13.8 Å². The van der Waals surface area contributed by atoms with Gasteiger partial charge in [0.1, 0.15) is 11.4 Å². The Hall–Kier alpha value is -4.51. The van der Waals surface area contributed by atoms with Gasteiger partial charge in [-0.15, -0.1) is 0 Å². The lowest BCUT2D eigenvalue weighted by molar-refractivity contribution is -0.385. The number of phenolic OH excluding ortho intramolecular Hbond substituents is 1. The maximum atomic E-state index is 13.0. The topological polar surface area (TPSA) is 137 Å². The van der Waals surface area contributed by atoms with Crippen LogP contribution in [0.2, 0.25) is 0 Å². The molecule has 0 unspecified atom stereocenters. The monoisotopic (exact) mass is 579 g/mol. The van der Waals surface area contributed by atoms with E-state index >= 15 is 0 Å². The summed E-state index contributed by atoms with van der Waals surface area (Å²) < 4.78 is 0.100. The summed E-state index contributed by atoms with van der Waals surface area (Å²) in [6, 6.07) is 18.2. The third kappa shape index (κ3) is 7.26. The minimum Gasteiger partial charge on any atom is -0.506 e. The van der Waals surface area contributed by atoms with Crippen LogP contribution in [-0.4, -0.2) is 41.1 Å². The molecule has 3 aromatic rings. The highest BCUT2D eigenvalue weighted by Crippen LogP contribution is 2.31. The smallest absolute Gasteiger partial charge is 0.287 e. The third-order valence-corrected chi connectivity index (χ3v) is 6.12. The first-order valence-electron chi connectivity index (χ1n) is 11.7. The molecule has 0 aromatic heterocycles. The number of nitrogens with zero attached hydrogens (tertiary/aromatic N) is 3. The van der Waals surface area contributed by atoms with E-state index in [-0.39, 0.29) is 27.2 Å². The number of carbonyl (C=O) groups excluding carboxylic acids is 2. The molecular formula is C27H26BrN5O5. The van der Waals surface area contributed by atoms with Gasteiger partial charge in [-0.25, -0.2) is 5.43 Å². The number of rotatable bonds is 10. The van der Waals surface area contributed by atoms with E-state index in [1.807, 2.05) is 24.3 Å². The number of hydrazone groups is 1. The van der Waals surface area contributed by atoms with Gasteiger partial charge in [-0.05, 0) is 65.7 Å². The summed E-state index contributed by atoms with van der Waals surface area (Å²) in [5.74, 6) is -1.51. The molecule has 38 heavy (non-hydrogen) atoms. The molecule has 3 aromatic carbocycles. The van der Waals surface area contributed by atoms with Crippen LogP contribution in [0.25, 0.3) is 6.08 Å². The summed E-state index contributed by atoms with van der Waals surface area (Å²) in [6.07, 6.45) is 2.58. The molecule has 0 atom stereocenters. The number of phenols is 1. The summed E-state index contributed by atoms with van der Waals surface area (Å²) in [5.41, 5.74) is 4.02. The first-order chi connectivity index (χ1) is 18.2. The van der Waals surface area contributed by atoms with Crippen LogP contribution >= 0.6 is 15.9 Å². The van der Waals surface area contributed by atoms with Gasteiger partial charge in [-0.2, -0.15) is 5.10 Å². The molecule has 0 heterocycles. The molecule has 0 aliphatic carbocycles. The van der Waals surface area contributed by atoms with Crippen molar-refractivity contribution >= 4 is 51.4 Å². The Kier molecular flexibility index (Phi) is 9.72. The van der Waals surface area contributed by atoms with E-state index < -0.39 is 16.7 Å². The van der Waals surface area contributed by atoms with Crippen LogP contribution < -0.4 is 15.6 Å². The third-order valence-electron chi connectivity index (χ3n) is 5.52. The number of nitro groups is 1. The molecular weight excluding hydrogens is 554 g/mol. The number of halogens is 1. The van der Waals surface area contributed by atoms with Gasteiger partial charge in [0.15, 0.2) is 0 Å². The zero-order chi connectivity index (χ0) is 27.7. The van der Waals surface area contributed by atoms with E-state index in [9.17, 15) is 24.8 Å². The predicted molar refractivity (Wildman–Crippen MR) is 150 cm³/mol. The van der Waals surface area contributed by atoms with Crippen molar-refractivity contribution in [3.05, 3.63) is 104 Å². The van der Waals surface area contributed by atoms with E-state index in [1.165, 1.54) is 6.08 Å². The fraction of sp³-hybridized carbons (Fsp3) is 0.148. The molecule has 0 saturated heterocycles. The molecule has 11 heteroatoms. The number of carbonyl (C=O) groups is 2. The van der Waals surface area contributed by atoms with Crippen molar-refractivity contribution in [2.75, 3.05) is 18.0 Å². The highest BCUT2D eigenvalue weighted by Gasteiger charge is 2.16. The first-order valence-corrected chi connectivity index (χ1v) is 12.5. The Bertz CT molecular complexity index is 1370. The fourth-order valence-corrected chi connectivity index (χ4v) is 3.97. The predicted octanol–water partition coefficient (Wildman–Crippen LogP) is 4.83.